The van der Waals surface area contributed by atoms with E-state index in [1.54, 1.807) is 56.3 Å². The summed E-state index contributed by atoms with van der Waals surface area (Å²) in [6, 6.07) is 10.9. The highest BCUT2D eigenvalue weighted by Crippen LogP contribution is 2.32. The van der Waals surface area contributed by atoms with Gasteiger partial charge in [-0.05, 0) is 80.1 Å². The largest absolute Gasteiger partial charge is 0.481 e. The number of amides is 1. The first kappa shape index (κ1) is 25.5. The van der Waals surface area contributed by atoms with Crippen LogP contribution in [0.5, 0.6) is 0 Å². The Hall–Kier alpha value is -4.08. The van der Waals surface area contributed by atoms with E-state index in [2.05, 4.69) is 15.6 Å². The number of carbonyl (C=O) groups is 2. The molecular formula is C25H24F3N4O3-. The minimum absolute atomic E-state index is 0.108. The third-order valence-electron chi connectivity index (χ3n) is 5.14. The van der Waals surface area contributed by atoms with Gasteiger partial charge < -0.3 is 25.6 Å². The van der Waals surface area contributed by atoms with E-state index in [0.29, 0.717) is 35.0 Å². The van der Waals surface area contributed by atoms with Crippen molar-refractivity contribution in [1.82, 2.24) is 4.90 Å². The molecule has 7 nitrogen and oxygen atoms in total. The number of amidine groups is 1. The molecule has 2 aromatic carbocycles. The second-order valence-corrected chi connectivity index (χ2v) is 7.98. The number of aliphatic carboxylic acids is 1. The number of carbonyl (C=O) groups excluding carboxylic acids is 1. The topological polar surface area (TPSA) is 96.1 Å². The molecule has 3 rings (SSSR count). The summed E-state index contributed by atoms with van der Waals surface area (Å²) >= 11 is 0. The lowest BCUT2D eigenvalue weighted by atomic mass is 10.0. The second-order valence-electron chi connectivity index (χ2n) is 7.98. The van der Waals surface area contributed by atoms with Crippen LogP contribution < -0.4 is 5.32 Å². The number of nitrogens with zero attached hydrogens (tertiary/aromatic N) is 3. The number of alkyl halides is 3. The molecule has 0 bridgehead atoms. The van der Waals surface area contributed by atoms with Crippen molar-refractivity contribution in [3.8, 4) is 0 Å². The number of nitrogens with one attached hydrogen (secondary N) is 1. The van der Waals surface area contributed by atoms with Crippen LogP contribution in [0.2, 0.25) is 0 Å². The SMILES string of the molecule is CC=C1N=C(Cc2ccc(NC(=O)c3ccc(C(F)(F)F)cc3)cc2)[N-]C(N(C)C)=C1CC(=O)O. The Morgan fingerprint density at radius 2 is 1.71 bits per heavy atom. The van der Waals surface area contributed by atoms with Crippen molar-refractivity contribution in [2.45, 2.75) is 25.9 Å². The highest BCUT2D eigenvalue weighted by molar-refractivity contribution is 6.04. The lowest BCUT2D eigenvalue weighted by Gasteiger charge is -2.35. The molecule has 2 aromatic rings. The van der Waals surface area contributed by atoms with Crippen LogP contribution in [0.1, 0.15) is 34.8 Å². The Balaban J connectivity index is 1.69. The van der Waals surface area contributed by atoms with Gasteiger partial charge in [-0.1, -0.05) is 18.2 Å². The van der Waals surface area contributed by atoms with Crippen LogP contribution in [-0.2, 0) is 17.4 Å². The molecule has 184 valence electrons. The van der Waals surface area contributed by atoms with Gasteiger partial charge in [0.05, 0.1) is 12.0 Å². The first-order valence-electron chi connectivity index (χ1n) is 10.6. The molecule has 1 amide bonds. The van der Waals surface area contributed by atoms with E-state index in [-0.39, 0.29) is 12.0 Å². The van der Waals surface area contributed by atoms with Crippen molar-refractivity contribution in [2.24, 2.45) is 4.99 Å². The average Bonchev–Trinajstić information content (AvgIpc) is 2.80. The minimum Gasteiger partial charge on any atom is -0.481 e. The van der Waals surface area contributed by atoms with Crippen LogP contribution >= 0.6 is 0 Å². The fourth-order valence-corrected chi connectivity index (χ4v) is 3.45. The van der Waals surface area contributed by atoms with Crippen LogP contribution in [0, 0.1) is 0 Å². The van der Waals surface area contributed by atoms with Crippen LogP contribution in [0.3, 0.4) is 0 Å². The minimum atomic E-state index is -4.46. The summed E-state index contributed by atoms with van der Waals surface area (Å²) in [5.74, 6) is -0.451. The van der Waals surface area contributed by atoms with Crippen molar-refractivity contribution in [3.63, 3.8) is 0 Å². The molecular weight excluding hydrogens is 461 g/mol. The third kappa shape index (κ3) is 6.50. The summed E-state index contributed by atoms with van der Waals surface area (Å²) in [7, 11) is 3.57. The fraction of sp³-hybridized carbons (Fsp3) is 0.240. The third-order valence-corrected chi connectivity index (χ3v) is 5.14. The number of halogens is 3. The maximum atomic E-state index is 12.7. The van der Waals surface area contributed by atoms with E-state index in [1.807, 2.05) is 0 Å². The molecule has 0 aliphatic carbocycles. The second kappa shape index (κ2) is 10.5. The highest BCUT2D eigenvalue weighted by Gasteiger charge is 2.30. The monoisotopic (exact) mass is 485 g/mol. The van der Waals surface area contributed by atoms with E-state index in [1.165, 1.54) is 0 Å². The number of carboxylic acids is 1. The number of hydrogen-bond acceptors (Lipinski definition) is 4. The molecule has 1 aliphatic heterocycles. The number of benzene rings is 2. The maximum absolute atomic E-state index is 12.7. The first-order chi connectivity index (χ1) is 16.5. The Morgan fingerprint density at radius 3 is 2.23 bits per heavy atom. The summed E-state index contributed by atoms with van der Waals surface area (Å²) < 4.78 is 38.1. The van der Waals surface area contributed by atoms with Crippen molar-refractivity contribution in [1.29, 1.82) is 0 Å². The Labute approximate surface area is 200 Å². The number of anilines is 1. The lowest BCUT2D eigenvalue weighted by Crippen LogP contribution is -2.22. The number of allylic oxidation sites excluding steroid dienone is 2. The zero-order chi connectivity index (χ0) is 25.8. The molecule has 0 radical (unpaired) electrons. The smallest absolute Gasteiger partial charge is 0.416 e. The number of aliphatic imine (C=N–C) groups is 1. The molecule has 10 heteroatoms. The van der Waals surface area contributed by atoms with Crippen LogP contribution in [0.4, 0.5) is 18.9 Å². The Morgan fingerprint density at radius 1 is 1.09 bits per heavy atom. The van der Waals surface area contributed by atoms with Gasteiger partial charge in [-0.15, -0.1) is 0 Å². The standard InChI is InChI=1S/C25H25F3N4O3/c1-4-20-19(14-22(33)34)23(32(2)3)31-21(30-20)13-15-5-11-18(12-6-15)29-24(35)16-7-9-17(10-8-16)25(26,27)28/h4-12H,13-14H2,1-3H3,(H3,29,30,31,33,34,35)/p-1. The van der Waals surface area contributed by atoms with E-state index in [0.717, 1.165) is 29.8 Å². The Kier molecular flexibility index (Phi) is 7.63. The van der Waals surface area contributed by atoms with E-state index in [9.17, 15) is 27.9 Å². The molecule has 1 aliphatic rings. The molecule has 35 heavy (non-hydrogen) atoms. The van der Waals surface area contributed by atoms with E-state index < -0.39 is 23.6 Å². The van der Waals surface area contributed by atoms with Crippen molar-refractivity contribution in [2.75, 3.05) is 19.4 Å². The molecule has 0 spiro atoms. The Bertz CT molecular complexity index is 1200. The lowest BCUT2D eigenvalue weighted by molar-refractivity contribution is -0.138. The molecule has 0 fully saturated rings. The van der Waals surface area contributed by atoms with Gasteiger partial charge in [-0.2, -0.15) is 13.2 Å². The van der Waals surface area contributed by atoms with Gasteiger partial charge in [-0.25, -0.2) is 0 Å². The summed E-state index contributed by atoms with van der Waals surface area (Å²) in [4.78, 5) is 29.9. The molecule has 2 N–H and O–H groups in total. The fourth-order valence-electron chi connectivity index (χ4n) is 3.45. The van der Waals surface area contributed by atoms with Crippen LogP contribution in [0.15, 0.2) is 76.7 Å². The van der Waals surface area contributed by atoms with Gasteiger partial charge in [0.1, 0.15) is 0 Å². The van der Waals surface area contributed by atoms with Gasteiger partial charge in [0.15, 0.2) is 0 Å². The molecule has 0 atom stereocenters. The van der Waals surface area contributed by atoms with Gasteiger partial charge in [0, 0.05) is 23.5 Å². The molecule has 1 heterocycles. The summed E-state index contributed by atoms with van der Waals surface area (Å²) in [6.45, 7) is 1.78. The van der Waals surface area contributed by atoms with Crippen molar-refractivity contribution in [3.05, 3.63) is 93.7 Å². The van der Waals surface area contributed by atoms with Gasteiger partial charge in [0.2, 0.25) is 0 Å². The normalized spacial score (nSPS) is 14.9. The summed E-state index contributed by atoms with van der Waals surface area (Å²) in [6.07, 6.45) is -2.53. The van der Waals surface area contributed by atoms with Gasteiger partial charge >= 0.3 is 12.1 Å². The number of rotatable bonds is 7. The number of hydrogen-bond donors (Lipinski definition) is 2. The van der Waals surface area contributed by atoms with Gasteiger partial charge in [0.25, 0.3) is 5.91 Å². The first-order valence-corrected chi connectivity index (χ1v) is 10.6. The zero-order valence-electron chi connectivity index (χ0n) is 19.3. The molecule has 0 unspecified atom stereocenters. The predicted octanol–water partition coefficient (Wildman–Crippen LogP) is 5.44. The van der Waals surface area contributed by atoms with Gasteiger partial charge in [-0.3, -0.25) is 9.59 Å². The average molecular weight is 485 g/mol. The number of carboxylic acid groups (broad SMARTS) is 1. The predicted molar refractivity (Wildman–Crippen MR) is 127 cm³/mol. The molecule has 0 saturated heterocycles. The summed E-state index contributed by atoms with van der Waals surface area (Å²) in [5.41, 5.74) is 1.72. The van der Waals surface area contributed by atoms with Crippen molar-refractivity contribution >= 4 is 23.4 Å². The zero-order valence-corrected chi connectivity index (χ0v) is 19.3. The molecule has 0 saturated carbocycles. The van der Waals surface area contributed by atoms with Crippen LogP contribution in [0.25, 0.3) is 5.32 Å². The quantitative estimate of drug-likeness (QED) is 0.546. The molecule has 0 aromatic heterocycles. The van der Waals surface area contributed by atoms with E-state index in [4.69, 9.17) is 0 Å². The van der Waals surface area contributed by atoms with Crippen molar-refractivity contribution < 1.29 is 27.9 Å². The van der Waals surface area contributed by atoms with E-state index >= 15 is 0 Å². The highest BCUT2D eigenvalue weighted by atomic mass is 19.4. The summed E-state index contributed by atoms with van der Waals surface area (Å²) in [5, 5.41) is 16.4. The van der Waals surface area contributed by atoms with Crippen LogP contribution in [-0.4, -0.2) is 41.8 Å². The maximum Gasteiger partial charge on any atom is 0.416 e.